The van der Waals surface area contributed by atoms with Crippen molar-refractivity contribution in [3.8, 4) is 0 Å². The smallest absolute Gasteiger partial charge is 0.270 e. The molecule has 3 N–H and O–H groups in total. The van der Waals surface area contributed by atoms with Crippen LogP contribution in [0.2, 0.25) is 0 Å². The molecule has 3 aromatic rings. The third-order valence-electron chi connectivity index (χ3n) is 6.82. The average molecular weight is 519 g/mol. The first-order valence-electron chi connectivity index (χ1n) is 12.7. The number of fused-ring (bicyclic) bond motifs is 3. The second kappa shape index (κ2) is 11.3. The van der Waals surface area contributed by atoms with Crippen molar-refractivity contribution in [3.63, 3.8) is 0 Å². The van der Waals surface area contributed by atoms with Crippen LogP contribution < -0.4 is 10.6 Å². The standard InChI is InChI=1S/C26H30N8O4/c35-23-9-5-11-33-16-19(30-31-33)15-28-24(36)22-17-32(25(37)20-8-4-10-27-20)12-13-34(22)26(38)21(29-23)14-18-6-2-1-3-7-18/h1-4,6-8,10,16,21-22,27H,5,9,11-15,17H2,(H,28,36)(H,29,35)/t21-,22+/m0/s1. The first kappa shape index (κ1) is 25.2. The monoisotopic (exact) mass is 518 g/mol. The van der Waals surface area contributed by atoms with E-state index in [-0.39, 0.29) is 56.7 Å². The molecule has 2 atom stereocenters. The molecule has 198 valence electrons. The number of hydrogen-bond donors (Lipinski definition) is 3. The molecule has 2 aliphatic heterocycles. The van der Waals surface area contributed by atoms with Gasteiger partial charge in [0.1, 0.15) is 23.5 Å². The van der Waals surface area contributed by atoms with Crippen LogP contribution in [0.1, 0.15) is 34.6 Å². The highest BCUT2D eigenvalue weighted by molar-refractivity contribution is 5.95. The molecule has 2 bridgehead atoms. The number of hydrogen-bond acceptors (Lipinski definition) is 6. The van der Waals surface area contributed by atoms with E-state index in [0.29, 0.717) is 24.4 Å². The van der Waals surface area contributed by atoms with Crippen LogP contribution in [0, 0.1) is 0 Å². The van der Waals surface area contributed by atoms with E-state index in [9.17, 15) is 19.2 Å². The van der Waals surface area contributed by atoms with E-state index < -0.39 is 18.0 Å². The Bertz CT molecular complexity index is 1290. The van der Waals surface area contributed by atoms with E-state index in [4.69, 9.17) is 0 Å². The third-order valence-corrected chi connectivity index (χ3v) is 6.82. The number of carbonyl (C=O) groups is 4. The van der Waals surface area contributed by atoms with E-state index in [2.05, 4.69) is 25.9 Å². The van der Waals surface area contributed by atoms with Crippen LogP contribution >= 0.6 is 0 Å². The number of piperazine rings is 1. The van der Waals surface area contributed by atoms with Gasteiger partial charge in [-0.15, -0.1) is 5.10 Å². The molecule has 5 rings (SSSR count). The molecule has 1 saturated heterocycles. The minimum atomic E-state index is -0.939. The number of aromatic nitrogens is 4. The second-order valence-electron chi connectivity index (χ2n) is 9.49. The van der Waals surface area contributed by atoms with Gasteiger partial charge >= 0.3 is 0 Å². The number of nitrogens with zero attached hydrogens (tertiary/aromatic N) is 5. The highest BCUT2D eigenvalue weighted by atomic mass is 16.2. The van der Waals surface area contributed by atoms with Crippen molar-refractivity contribution in [2.24, 2.45) is 0 Å². The lowest BCUT2D eigenvalue weighted by molar-refractivity contribution is -0.146. The molecule has 0 spiro atoms. The van der Waals surface area contributed by atoms with E-state index in [0.717, 1.165) is 5.56 Å². The number of H-pyrrole nitrogens is 1. The number of rotatable bonds is 3. The van der Waals surface area contributed by atoms with Gasteiger partial charge in [0, 0.05) is 38.7 Å². The summed E-state index contributed by atoms with van der Waals surface area (Å²) in [4.78, 5) is 59.2. The fraction of sp³-hybridized carbons (Fsp3) is 0.385. The van der Waals surface area contributed by atoms with Gasteiger partial charge in [0.05, 0.1) is 19.3 Å². The van der Waals surface area contributed by atoms with Crippen LogP contribution in [-0.4, -0.2) is 85.1 Å². The van der Waals surface area contributed by atoms with E-state index >= 15 is 0 Å². The molecule has 4 heterocycles. The van der Waals surface area contributed by atoms with Crippen LogP contribution in [-0.2, 0) is 33.9 Å². The number of aromatic amines is 1. The molecule has 38 heavy (non-hydrogen) atoms. The summed E-state index contributed by atoms with van der Waals surface area (Å²) in [5.41, 5.74) is 1.86. The summed E-state index contributed by atoms with van der Waals surface area (Å²) < 4.78 is 1.63. The van der Waals surface area contributed by atoms with Gasteiger partial charge in [0.25, 0.3) is 5.91 Å². The molecule has 0 saturated carbocycles. The van der Waals surface area contributed by atoms with Gasteiger partial charge in [-0.3, -0.25) is 23.9 Å². The predicted molar refractivity (Wildman–Crippen MR) is 135 cm³/mol. The van der Waals surface area contributed by atoms with Crippen LogP contribution in [0.4, 0.5) is 0 Å². The summed E-state index contributed by atoms with van der Waals surface area (Å²) in [5.74, 6) is -1.26. The van der Waals surface area contributed by atoms with Crippen molar-refractivity contribution in [1.29, 1.82) is 0 Å². The lowest BCUT2D eigenvalue weighted by atomic mass is 10.0. The minimum absolute atomic E-state index is 0.0219. The molecule has 12 nitrogen and oxygen atoms in total. The molecule has 1 fully saturated rings. The van der Waals surface area contributed by atoms with E-state index in [1.165, 1.54) is 4.90 Å². The van der Waals surface area contributed by atoms with Gasteiger partial charge in [-0.1, -0.05) is 35.5 Å². The molecule has 12 heteroatoms. The Hall–Kier alpha value is -4.48. The lowest BCUT2D eigenvalue weighted by Crippen LogP contribution is -2.64. The van der Waals surface area contributed by atoms with Gasteiger partial charge in [0.15, 0.2) is 0 Å². The summed E-state index contributed by atoms with van der Waals surface area (Å²) in [6.07, 6.45) is 4.41. The van der Waals surface area contributed by atoms with Crippen LogP contribution in [0.25, 0.3) is 0 Å². The number of carbonyl (C=O) groups excluding carboxylic acids is 4. The van der Waals surface area contributed by atoms with Crippen molar-refractivity contribution in [2.75, 3.05) is 19.6 Å². The molecular formula is C26H30N8O4. The number of amides is 4. The Morgan fingerprint density at radius 1 is 1.03 bits per heavy atom. The van der Waals surface area contributed by atoms with Crippen molar-refractivity contribution in [3.05, 3.63) is 71.8 Å². The Balaban J connectivity index is 1.43. The van der Waals surface area contributed by atoms with Gasteiger partial charge in [0.2, 0.25) is 17.7 Å². The highest BCUT2D eigenvalue weighted by Crippen LogP contribution is 2.17. The largest absolute Gasteiger partial charge is 0.357 e. The predicted octanol–water partition coefficient (Wildman–Crippen LogP) is 0.0969. The first-order valence-corrected chi connectivity index (χ1v) is 12.7. The fourth-order valence-corrected chi connectivity index (χ4v) is 4.83. The van der Waals surface area contributed by atoms with E-state index in [1.54, 1.807) is 34.1 Å². The van der Waals surface area contributed by atoms with Gasteiger partial charge in [-0.25, -0.2) is 0 Å². The summed E-state index contributed by atoms with van der Waals surface area (Å²) in [7, 11) is 0. The zero-order valence-electron chi connectivity index (χ0n) is 20.9. The Morgan fingerprint density at radius 3 is 2.66 bits per heavy atom. The SMILES string of the molecule is O=C1CCCn2cc(nn2)CNC(=O)[C@H]2CN(C(=O)c3ccc[nH]3)CCN2C(=O)[C@H](Cc2ccccc2)N1. The Morgan fingerprint density at radius 2 is 1.87 bits per heavy atom. The fourth-order valence-electron chi connectivity index (χ4n) is 4.83. The summed E-state index contributed by atoms with van der Waals surface area (Å²) >= 11 is 0. The molecule has 1 aromatic carbocycles. The van der Waals surface area contributed by atoms with Crippen LogP contribution in [0.3, 0.4) is 0 Å². The summed E-state index contributed by atoms with van der Waals surface area (Å²) in [6.45, 7) is 1.05. The number of nitrogens with one attached hydrogen (secondary N) is 3. The van der Waals surface area contributed by atoms with E-state index in [1.807, 2.05) is 30.3 Å². The van der Waals surface area contributed by atoms with Gasteiger partial charge < -0.3 is 25.4 Å². The zero-order valence-corrected chi connectivity index (χ0v) is 20.9. The maximum Gasteiger partial charge on any atom is 0.270 e. The van der Waals surface area contributed by atoms with Crippen molar-refractivity contribution < 1.29 is 19.2 Å². The molecule has 4 amide bonds. The maximum absolute atomic E-state index is 13.9. The molecule has 2 aliphatic rings. The molecule has 2 aromatic heterocycles. The van der Waals surface area contributed by atoms with Crippen LogP contribution in [0.15, 0.2) is 54.9 Å². The van der Waals surface area contributed by atoms with Gasteiger partial charge in [-0.05, 0) is 24.1 Å². The topological polar surface area (TPSA) is 145 Å². The van der Waals surface area contributed by atoms with Crippen LogP contribution in [0.5, 0.6) is 0 Å². The quantitative estimate of drug-likeness (QED) is 0.448. The Kier molecular flexibility index (Phi) is 7.47. The van der Waals surface area contributed by atoms with Crippen molar-refractivity contribution in [1.82, 2.24) is 40.4 Å². The summed E-state index contributed by atoms with van der Waals surface area (Å²) in [6, 6.07) is 11.0. The molecule has 0 radical (unpaired) electrons. The zero-order chi connectivity index (χ0) is 26.5. The maximum atomic E-state index is 13.9. The van der Waals surface area contributed by atoms with Crippen molar-refractivity contribution >= 4 is 23.6 Å². The molecule has 0 unspecified atom stereocenters. The molecular weight excluding hydrogens is 488 g/mol. The second-order valence-corrected chi connectivity index (χ2v) is 9.49. The number of aryl methyl sites for hydroxylation is 1. The highest BCUT2D eigenvalue weighted by Gasteiger charge is 2.40. The third kappa shape index (κ3) is 5.74. The van der Waals surface area contributed by atoms with Gasteiger partial charge in [-0.2, -0.15) is 0 Å². The normalized spacial score (nSPS) is 21.1. The summed E-state index contributed by atoms with van der Waals surface area (Å²) in [5, 5.41) is 13.9. The average Bonchev–Trinajstić information content (AvgIpc) is 3.63. The van der Waals surface area contributed by atoms with Crippen molar-refractivity contribution in [2.45, 2.75) is 44.4 Å². The Labute approximate surface area is 219 Å². The number of benzene rings is 1. The lowest BCUT2D eigenvalue weighted by Gasteiger charge is -2.41. The molecule has 0 aliphatic carbocycles. The minimum Gasteiger partial charge on any atom is -0.357 e. The first-order chi connectivity index (χ1) is 18.5.